The van der Waals surface area contributed by atoms with E-state index in [9.17, 15) is 9.59 Å². The van der Waals surface area contributed by atoms with Gasteiger partial charge in [-0.1, -0.05) is 24.9 Å². The lowest BCUT2D eigenvalue weighted by molar-refractivity contribution is -0.105. The fourth-order valence-electron chi connectivity index (χ4n) is 1.35. The minimum Gasteiger partial charge on any atom is -0.395 e. The molecule has 104 valence electrons. The molecule has 1 heterocycles. The minimum absolute atomic E-state index is 0.130. The molecule has 0 bridgehead atoms. The Morgan fingerprint density at radius 1 is 1.47 bits per heavy atom. The third-order valence-electron chi connectivity index (χ3n) is 2.31. The molecule has 0 spiro atoms. The summed E-state index contributed by atoms with van der Waals surface area (Å²) in [4.78, 5) is 30.3. The molecule has 0 aliphatic carbocycles. The molecule has 1 aromatic heterocycles. The Morgan fingerprint density at radius 2 is 2.32 bits per heavy atom. The van der Waals surface area contributed by atoms with E-state index in [4.69, 9.17) is 4.84 Å². The van der Waals surface area contributed by atoms with Gasteiger partial charge in [0.25, 0.3) is 0 Å². The second-order valence-electron chi connectivity index (χ2n) is 3.79. The van der Waals surface area contributed by atoms with E-state index >= 15 is 0 Å². The number of rotatable bonds is 10. The Labute approximate surface area is 115 Å². The monoisotopic (exact) mass is 283 g/mol. The van der Waals surface area contributed by atoms with Crippen LogP contribution in [0.15, 0.2) is 10.5 Å². The number of nitrogens with one attached hydrogen (secondary N) is 1. The smallest absolute Gasteiger partial charge is 0.213 e. The average molecular weight is 283 g/mol. The van der Waals surface area contributed by atoms with Gasteiger partial charge in [0.1, 0.15) is 12.3 Å². The summed E-state index contributed by atoms with van der Waals surface area (Å²) in [5.41, 5.74) is 0.531. The lowest BCUT2D eigenvalue weighted by atomic mass is 10.2. The molecule has 0 radical (unpaired) electrons. The number of hydrogen-bond donors (Lipinski definition) is 1. The van der Waals surface area contributed by atoms with E-state index in [2.05, 4.69) is 22.4 Å². The van der Waals surface area contributed by atoms with Crippen molar-refractivity contribution in [3.8, 4) is 0 Å². The summed E-state index contributed by atoms with van der Waals surface area (Å²) in [5, 5.41) is 8.23. The number of hydrogen-bond acceptors (Lipinski definition) is 6. The molecule has 0 atom stereocenters. The first-order valence-corrected chi connectivity index (χ1v) is 7.01. The highest BCUT2D eigenvalue weighted by Crippen LogP contribution is 2.14. The van der Waals surface area contributed by atoms with Gasteiger partial charge in [0, 0.05) is 5.38 Å². The van der Waals surface area contributed by atoms with Crippen LogP contribution in [0.5, 0.6) is 0 Å². The standard InChI is InChI=1S/C12H17N3O3S/c1-2-3-4-5-6-18-15-10(7-16)11-8-19-12(14-11)13-9-17/h7-9H,2-6H2,1H3,(H,13,14,17)/b15-10+. The SMILES string of the molecule is CCCCCCO/N=C(\C=O)c1csc(NC=O)n1. The Balaban J connectivity index is 2.46. The fourth-order valence-corrected chi connectivity index (χ4v) is 2.01. The van der Waals surface area contributed by atoms with Gasteiger partial charge < -0.3 is 10.2 Å². The number of amides is 1. The van der Waals surface area contributed by atoms with Crippen LogP contribution < -0.4 is 5.32 Å². The second-order valence-corrected chi connectivity index (χ2v) is 4.65. The maximum Gasteiger partial charge on any atom is 0.213 e. The maximum absolute atomic E-state index is 10.9. The lowest BCUT2D eigenvalue weighted by Crippen LogP contribution is -2.05. The van der Waals surface area contributed by atoms with E-state index in [1.54, 1.807) is 5.38 Å². The van der Waals surface area contributed by atoms with Crippen molar-refractivity contribution in [3.63, 3.8) is 0 Å². The summed E-state index contributed by atoms with van der Waals surface area (Å²) in [6, 6.07) is 0. The van der Waals surface area contributed by atoms with Crippen LogP contribution in [0.3, 0.4) is 0 Å². The number of thiazole rings is 1. The van der Waals surface area contributed by atoms with Crippen molar-refractivity contribution in [2.45, 2.75) is 32.6 Å². The van der Waals surface area contributed by atoms with Crippen molar-refractivity contribution in [1.29, 1.82) is 0 Å². The normalized spacial score (nSPS) is 11.1. The molecule has 1 aromatic rings. The number of aromatic nitrogens is 1. The zero-order chi connectivity index (χ0) is 13.9. The molecule has 0 saturated heterocycles. The molecule has 1 rings (SSSR count). The van der Waals surface area contributed by atoms with Crippen LogP contribution in [0, 0.1) is 0 Å². The number of carbonyl (C=O) groups excluding carboxylic acids is 2. The molecular weight excluding hydrogens is 266 g/mol. The number of carbonyl (C=O) groups is 2. The third-order valence-corrected chi connectivity index (χ3v) is 3.09. The van der Waals surface area contributed by atoms with Crippen LogP contribution in [0.25, 0.3) is 0 Å². The van der Waals surface area contributed by atoms with Gasteiger partial charge in [0.15, 0.2) is 17.1 Å². The first kappa shape index (κ1) is 15.3. The van der Waals surface area contributed by atoms with E-state index in [-0.39, 0.29) is 5.71 Å². The molecule has 0 saturated carbocycles. The first-order valence-electron chi connectivity index (χ1n) is 6.13. The molecule has 0 aromatic carbocycles. The molecule has 7 heteroatoms. The van der Waals surface area contributed by atoms with Crippen molar-refractivity contribution in [3.05, 3.63) is 11.1 Å². The third kappa shape index (κ3) is 5.60. The van der Waals surface area contributed by atoms with E-state index in [0.717, 1.165) is 19.3 Å². The van der Waals surface area contributed by atoms with Crippen LogP contribution in [-0.2, 0) is 14.4 Å². The van der Waals surface area contributed by atoms with Gasteiger partial charge in [-0.3, -0.25) is 9.59 Å². The maximum atomic E-state index is 10.9. The molecular formula is C12H17N3O3S. The summed E-state index contributed by atoms with van der Waals surface area (Å²) >= 11 is 1.22. The van der Waals surface area contributed by atoms with Crippen molar-refractivity contribution >= 4 is 34.9 Å². The summed E-state index contributed by atoms with van der Waals surface area (Å²) < 4.78 is 0. The molecule has 6 nitrogen and oxygen atoms in total. The zero-order valence-corrected chi connectivity index (χ0v) is 11.6. The van der Waals surface area contributed by atoms with Crippen molar-refractivity contribution < 1.29 is 14.4 Å². The summed E-state index contributed by atoms with van der Waals surface area (Å²) in [6.45, 7) is 2.62. The molecule has 0 fully saturated rings. The topological polar surface area (TPSA) is 80.6 Å². The molecule has 1 amide bonds. The Morgan fingerprint density at radius 3 is 3.00 bits per heavy atom. The van der Waals surface area contributed by atoms with Gasteiger partial charge >= 0.3 is 0 Å². The summed E-state index contributed by atoms with van der Waals surface area (Å²) in [7, 11) is 0. The van der Waals surface area contributed by atoms with Gasteiger partial charge in [-0.2, -0.15) is 0 Å². The van der Waals surface area contributed by atoms with Gasteiger partial charge in [0.05, 0.1) is 0 Å². The van der Waals surface area contributed by atoms with Crippen LogP contribution in [0.4, 0.5) is 5.13 Å². The molecule has 0 aliphatic rings. The average Bonchev–Trinajstić information content (AvgIpc) is 2.87. The predicted octanol–water partition coefficient (Wildman–Crippen LogP) is 2.21. The number of nitrogens with zero attached hydrogens (tertiary/aromatic N) is 2. The van der Waals surface area contributed by atoms with Gasteiger partial charge in [-0.05, 0) is 12.8 Å². The van der Waals surface area contributed by atoms with Gasteiger partial charge in [-0.15, -0.1) is 11.3 Å². The molecule has 19 heavy (non-hydrogen) atoms. The minimum atomic E-state index is 0.130. The highest BCUT2D eigenvalue weighted by molar-refractivity contribution is 7.14. The van der Waals surface area contributed by atoms with Crippen molar-refractivity contribution in [2.24, 2.45) is 5.16 Å². The number of oxime groups is 1. The van der Waals surface area contributed by atoms with E-state index in [1.165, 1.54) is 17.8 Å². The Hall–Kier alpha value is -1.76. The highest BCUT2D eigenvalue weighted by atomic mass is 32.1. The van der Waals surface area contributed by atoms with Crippen molar-refractivity contribution in [1.82, 2.24) is 4.98 Å². The second kappa shape index (κ2) is 9.21. The van der Waals surface area contributed by atoms with Crippen LogP contribution in [0.2, 0.25) is 0 Å². The largest absolute Gasteiger partial charge is 0.395 e. The number of aldehydes is 1. The number of anilines is 1. The fraction of sp³-hybridized carbons (Fsp3) is 0.500. The molecule has 1 N–H and O–H groups in total. The van der Waals surface area contributed by atoms with Crippen molar-refractivity contribution in [2.75, 3.05) is 11.9 Å². The summed E-state index contributed by atoms with van der Waals surface area (Å²) in [6.07, 6.45) is 5.45. The summed E-state index contributed by atoms with van der Waals surface area (Å²) in [5.74, 6) is 0. The quantitative estimate of drug-likeness (QED) is 0.309. The zero-order valence-electron chi connectivity index (χ0n) is 10.8. The van der Waals surface area contributed by atoms with Crippen LogP contribution >= 0.6 is 11.3 Å². The van der Waals surface area contributed by atoms with Gasteiger partial charge in [0.2, 0.25) is 6.41 Å². The van der Waals surface area contributed by atoms with Gasteiger partial charge in [-0.25, -0.2) is 4.98 Å². The van der Waals surface area contributed by atoms with Crippen LogP contribution in [0.1, 0.15) is 38.3 Å². The first-order chi connectivity index (χ1) is 9.31. The highest BCUT2D eigenvalue weighted by Gasteiger charge is 2.08. The Bertz CT molecular complexity index is 432. The predicted molar refractivity (Wildman–Crippen MR) is 74.5 cm³/mol. The molecule has 0 unspecified atom stereocenters. The van der Waals surface area contributed by atoms with Crippen LogP contribution in [-0.4, -0.2) is 30.0 Å². The van der Waals surface area contributed by atoms with E-state index in [0.29, 0.717) is 30.1 Å². The number of unbranched alkanes of at least 4 members (excludes halogenated alkanes) is 3. The molecule has 0 aliphatic heterocycles. The van der Waals surface area contributed by atoms with E-state index < -0.39 is 0 Å². The Kier molecular flexibility index (Phi) is 7.41. The van der Waals surface area contributed by atoms with E-state index in [1.807, 2.05) is 0 Å². The lowest BCUT2D eigenvalue weighted by Gasteiger charge is -1.99.